The third kappa shape index (κ3) is 2.10. The Morgan fingerprint density at radius 3 is 2.82 bits per heavy atom. The van der Waals surface area contributed by atoms with Gasteiger partial charge in [0.05, 0.1) is 6.54 Å². The standard InChI is InChI=1S/C17H16N2O3/c20-14-7-6-13-9-18-10-16(15(13)8-14)19(17(18)21)22-11-12-4-2-1-3-5-12/h1-8,16,20H,9-11H2. The third-order valence-electron chi connectivity index (χ3n) is 4.20. The normalized spacial score (nSPS) is 19.5. The highest BCUT2D eigenvalue weighted by Crippen LogP contribution is 2.39. The smallest absolute Gasteiger partial charge is 0.344 e. The Labute approximate surface area is 128 Å². The van der Waals surface area contributed by atoms with E-state index in [9.17, 15) is 9.90 Å². The Morgan fingerprint density at radius 2 is 2.00 bits per heavy atom. The second-order valence-corrected chi connectivity index (χ2v) is 5.65. The molecular formula is C17H16N2O3. The van der Waals surface area contributed by atoms with Crippen molar-refractivity contribution >= 4 is 6.03 Å². The molecule has 0 aliphatic carbocycles. The van der Waals surface area contributed by atoms with E-state index < -0.39 is 0 Å². The van der Waals surface area contributed by atoms with E-state index in [4.69, 9.17) is 4.84 Å². The number of carbonyl (C=O) groups is 1. The number of urea groups is 1. The van der Waals surface area contributed by atoms with Crippen LogP contribution >= 0.6 is 0 Å². The predicted molar refractivity (Wildman–Crippen MR) is 79.7 cm³/mol. The molecule has 0 saturated carbocycles. The summed E-state index contributed by atoms with van der Waals surface area (Å²) in [5.41, 5.74) is 3.05. The monoisotopic (exact) mass is 296 g/mol. The van der Waals surface area contributed by atoms with Gasteiger partial charge in [-0.2, -0.15) is 5.06 Å². The van der Waals surface area contributed by atoms with Gasteiger partial charge in [-0.25, -0.2) is 4.79 Å². The summed E-state index contributed by atoms with van der Waals surface area (Å²) >= 11 is 0. The van der Waals surface area contributed by atoms with Crippen LogP contribution in [0.1, 0.15) is 22.7 Å². The van der Waals surface area contributed by atoms with E-state index in [2.05, 4.69) is 0 Å². The lowest BCUT2D eigenvalue weighted by atomic mass is 9.97. The Kier molecular flexibility index (Phi) is 3.01. The average molecular weight is 296 g/mol. The third-order valence-corrected chi connectivity index (χ3v) is 4.20. The van der Waals surface area contributed by atoms with E-state index in [1.807, 2.05) is 36.4 Å². The molecule has 2 aliphatic heterocycles. The van der Waals surface area contributed by atoms with Crippen molar-refractivity contribution in [3.8, 4) is 5.75 Å². The summed E-state index contributed by atoms with van der Waals surface area (Å²) in [6.45, 7) is 1.52. The maximum absolute atomic E-state index is 12.4. The number of hydrogen-bond acceptors (Lipinski definition) is 3. The SMILES string of the molecule is O=C1N2Cc3ccc(O)cc3C(C2)N1OCc1ccccc1. The van der Waals surface area contributed by atoms with Crippen LogP contribution in [0.15, 0.2) is 48.5 Å². The lowest BCUT2D eigenvalue weighted by molar-refractivity contribution is -0.141. The van der Waals surface area contributed by atoms with Crippen LogP contribution in [0.4, 0.5) is 4.79 Å². The molecule has 5 heteroatoms. The molecule has 112 valence electrons. The van der Waals surface area contributed by atoms with Gasteiger partial charge in [0.1, 0.15) is 18.4 Å². The summed E-state index contributed by atoms with van der Waals surface area (Å²) < 4.78 is 0. The van der Waals surface area contributed by atoms with E-state index in [0.717, 1.165) is 16.7 Å². The number of nitrogens with zero attached hydrogens (tertiary/aromatic N) is 2. The first-order chi connectivity index (χ1) is 10.7. The van der Waals surface area contributed by atoms with Gasteiger partial charge in [-0.15, -0.1) is 0 Å². The van der Waals surface area contributed by atoms with Crippen LogP contribution in [0.5, 0.6) is 5.75 Å². The highest BCUT2D eigenvalue weighted by atomic mass is 16.7. The Balaban J connectivity index is 1.59. The molecule has 22 heavy (non-hydrogen) atoms. The average Bonchev–Trinajstić information content (AvgIpc) is 2.80. The number of carbonyl (C=O) groups excluding carboxylic acids is 1. The van der Waals surface area contributed by atoms with E-state index in [1.54, 1.807) is 17.0 Å². The number of hydrogen-bond donors (Lipinski definition) is 1. The number of rotatable bonds is 3. The molecule has 1 fully saturated rings. The number of amides is 2. The van der Waals surface area contributed by atoms with Gasteiger partial charge < -0.3 is 10.0 Å². The number of hydroxylamine groups is 2. The van der Waals surface area contributed by atoms with Gasteiger partial charge in [-0.1, -0.05) is 36.4 Å². The Hall–Kier alpha value is -2.53. The minimum Gasteiger partial charge on any atom is -0.508 e. The summed E-state index contributed by atoms with van der Waals surface area (Å²) in [7, 11) is 0. The van der Waals surface area contributed by atoms with Crippen molar-refractivity contribution in [2.24, 2.45) is 0 Å². The molecule has 2 bridgehead atoms. The molecule has 0 aromatic heterocycles. The molecule has 4 rings (SSSR count). The van der Waals surface area contributed by atoms with Crippen molar-refractivity contribution in [1.82, 2.24) is 9.96 Å². The lowest BCUT2D eigenvalue weighted by Crippen LogP contribution is -2.30. The van der Waals surface area contributed by atoms with Crippen molar-refractivity contribution < 1.29 is 14.7 Å². The van der Waals surface area contributed by atoms with E-state index in [1.165, 1.54) is 5.06 Å². The highest BCUT2D eigenvalue weighted by Gasteiger charge is 2.44. The fourth-order valence-corrected chi connectivity index (χ4v) is 3.10. The zero-order chi connectivity index (χ0) is 15.1. The van der Waals surface area contributed by atoms with Gasteiger partial charge in [0.2, 0.25) is 0 Å². The molecule has 2 aliphatic rings. The molecule has 0 spiro atoms. The van der Waals surface area contributed by atoms with Gasteiger partial charge >= 0.3 is 6.03 Å². The fourth-order valence-electron chi connectivity index (χ4n) is 3.10. The van der Waals surface area contributed by atoms with Crippen molar-refractivity contribution in [3.05, 3.63) is 65.2 Å². The molecule has 2 aromatic rings. The maximum Gasteiger partial charge on any atom is 0.344 e. The quantitative estimate of drug-likeness (QED) is 0.947. The zero-order valence-electron chi connectivity index (χ0n) is 12.0. The molecule has 2 amide bonds. The largest absolute Gasteiger partial charge is 0.508 e. The van der Waals surface area contributed by atoms with Crippen molar-refractivity contribution in [2.75, 3.05) is 6.54 Å². The molecule has 2 heterocycles. The number of phenolic OH excluding ortho intramolecular Hbond substituents is 1. The van der Waals surface area contributed by atoms with Crippen molar-refractivity contribution in [3.63, 3.8) is 0 Å². The number of fused-ring (bicyclic) bond motifs is 4. The summed E-state index contributed by atoms with van der Waals surface area (Å²) in [4.78, 5) is 20.0. The minimum absolute atomic E-state index is 0.114. The van der Waals surface area contributed by atoms with Crippen LogP contribution in [0.2, 0.25) is 0 Å². The second-order valence-electron chi connectivity index (χ2n) is 5.65. The van der Waals surface area contributed by atoms with Crippen LogP contribution < -0.4 is 0 Å². The summed E-state index contributed by atoms with van der Waals surface area (Å²) in [6, 6.07) is 14.8. The molecule has 1 saturated heterocycles. The lowest BCUT2D eigenvalue weighted by Gasteiger charge is -2.25. The number of benzene rings is 2. The summed E-state index contributed by atoms with van der Waals surface area (Å²) in [5, 5.41) is 11.2. The first-order valence-electron chi connectivity index (χ1n) is 7.29. The van der Waals surface area contributed by atoms with Gasteiger partial charge in [-0.05, 0) is 28.8 Å². The number of aromatic hydroxyl groups is 1. The van der Waals surface area contributed by atoms with Crippen LogP contribution in [-0.4, -0.2) is 27.6 Å². The molecule has 1 N–H and O–H groups in total. The Morgan fingerprint density at radius 1 is 1.18 bits per heavy atom. The maximum atomic E-state index is 12.4. The van der Waals surface area contributed by atoms with Gasteiger partial charge in [0.15, 0.2) is 0 Å². The summed E-state index contributed by atoms with van der Waals surface area (Å²) in [6.07, 6.45) is 0. The van der Waals surface area contributed by atoms with E-state index >= 15 is 0 Å². The van der Waals surface area contributed by atoms with Crippen LogP contribution in [0, 0.1) is 0 Å². The van der Waals surface area contributed by atoms with Crippen molar-refractivity contribution in [2.45, 2.75) is 19.2 Å². The molecule has 5 nitrogen and oxygen atoms in total. The Bertz CT molecular complexity index is 717. The first kappa shape index (κ1) is 13.2. The first-order valence-corrected chi connectivity index (χ1v) is 7.29. The fraction of sp³-hybridized carbons (Fsp3) is 0.235. The second kappa shape index (κ2) is 5.03. The predicted octanol–water partition coefficient (Wildman–Crippen LogP) is 2.82. The van der Waals surface area contributed by atoms with Gasteiger partial charge in [0, 0.05) is 6.54 Å². The van der Waals surface area contributed by atoms with Gasteiger partial charge in [0.25, 0.3) is 0 Å². The summed E-state index contributed by atoms with van der Waals surface area (Å²) in [5.74, 6) is 0.217. The molecule has 1 atom stereocenters. The number of phenols is 1. The van der Waals surface area contributed by atoms with Crippen LogP contribution in [0.3, 0.4) is 0 Å². The highest BCUT2D eigenvalue weighted by molar-refractivity contribution is 5.77. The van der Waals surface area contributed by atoms with E-state index in [-0.39, 0.29) is 17.8 Å². The minimum atomic E-state index is -0.160. The molecule has 0 radical (unpaired) electrons. The van der Waals surface area contributed by atoms with Crippen molar-refractivity contribution in [1.29, 1.82) is 0 Å². The van der Waals surface area contributed by atoms with Crippen LogP contribution in [0.25, 0.3) is 0 Å². The topological polar surface area (TPSA) is 53.0 Å². The molecular weight excluding hydrogens is 280 g/mol. The molecule has 1 unspecified atom stereocenters. The zero-order valence-corrected chi connectivity index (χ0v) is 12.0. The van der Waals surface area contributed by atoms with Gasteiger partial charge in [-0.3, -0.25) is 4.84 Å². The van der Waals surface area contributed by atoms with E-state index in [0.29, 0.717) is 19.7 Å². The molecule has 2 aromatic carbocycles. The van der Waals surface area contributed by atoms with Crippen LogP contribution in [-0.2, 0) is 18.0 Å².